The second-order valence-corrected chi connectivity index (χ2v) is 14.1. The van der Waals surface area contributed by atoms with Crippen molar-refractivity contribution in [3.05, 3.63) is 216 Å². The van der Waals surface area contributed by atoms with Gasteiger partial charge in [-0.25, -0.2) is 0 Å². The number of benzene rings is 8. The van der Waals surface area contributed by atoms with Gasteiger partial charge in [0.25, 0.3) is 0 Å². The minimum atomic E-state index is 1.13. The molecule has 0 aliphatic heterocycles. The molecule has 0 saturated carbocycles. The van der Waals surface area contributed by atoms with E-state index < -0.39 is 0 Å². The number of hydrogen-bond donors (Lipinski definition) is 0. The van der Waals surface area contributed by atoms with Crippen LogP contribution in [0.25, 0.3) is 33.4 Å². The molecule has 0 N–H and O–H groups in total. The average molecular weight is 697 g/mol. The molecule has 2 nitrogen and oxygen atoms in total. The van der Waals surface area contributed by atoms with Crippen LogP contribution in [0.15, 0.2) is 194 Å². The van der Waals surface area contributed by atoms with E-state index in [2.05, 4.69) is 232 Å². The number of nitrogens with zero attached hydrogens (tertiary/aromatic N) is 2. The lowest BCUT2D eigenvalue weighted by molar-refractivity contribution is 1.25. The number of para-hydroxylation sites is 2. The van der Waals surface area contributed by atoms with Crippen molar-refractivity contribution in [1.29, 1.82) is 0 Å². The van der Waals surface area contributed by atoms with Gasteiger partial charge in [0.05, 0.1) is 11.4 Å². The highest BCUT2D eigenvalue weighted by atomic mass is 15.1. The Labute approximate surface area is 320 Å². The molecule has 0 bridgehead atoms. The van der Waals surface area contributed by atoms with Crippen LogP contribution < -0.4 is 9.80 Å². The SMILES string of the molecule is Cc1ccc(N(c2ccc(-c3ccc(N(c4ccc(C)cc4)c4ccccc4-c4ccccc4)cc3C)c(C)c2)c2ccccc2-c2ccccc2)cc1. The third-order valence-electron chi connectivity index (χ3n) is 10.3. The molecule has 8 rings (SSSR count). The van der Waals surface area contributed by atoms with Crippen LogP contribution in [0.5, 0.6) is 0 Å². The summed E-state index contributed by atoms with van der Waals surface area (Å²) in [6, 6.07) is 70.2. The van der Waals surface area contributed by atoms with Gasteiger partial charge in [0, 0.05) is 33.9 Å². The van der Waals surface area contributed by atoms with E-state index in [1.54, 1.807) is 0 Å². The molecule has 8 aromatic carbocycles. The van der Waals surface area contributed by atoms with E-state index in [9.17, 15) is 0 Å². The van der Waals surface area contributed by atoms with Gasteiger partial charge < -0.3 is 9.80 Å². The first-order valence-corrected chi connectivity index (χ1v) is 18.7. The van der Waals surface area contributed by atoms with Crippen LogP contribution in [0.3, 0.4) is 0 Å². The van der Waals surface area contributed by atoms with E-state index >= 15 is 0 Å². The maximum absolute atomic E-state index is 2.39. The van der Waals surface area contributed by atoms with Gasteiger partial charge in [-0.2, -0.15) is 0 Å². The Hall–Kier alpha value is -6.64. The number of hydrogen-bond acceptors (Lipinski definition) is 2. The van der Waals surface area contributed by atoms with Crippen LogP contribution in [0.4, 0.5) is 34.1 Å². The molecule has 54 heavy (non-hydrogen) atoms. The smallest absolute Gasteiger partial charge is 0.0540 e. The van der Waals surface area contributed by atoms with Crippen LogP contribution in [-0.2, 0) is 0 Å². The van der Waals surface area contributed by atoms with Crippen molar-refractivity contribution in [1.82, 2.24) is 0 Å². The van der Waals surface area contributed by atoms with Crippen molar-refractivity contribution in [3.8, 4) is 33.4 Å². The van der Waals surface area contributed by atoms with Crippen LogP contribution in [0.1, 0.15) is 22.3 Å². The van der Waals surface area contributed by atoms with E-state index in [1.807, 2.05) is 0 Å². The van der Waals surface area contributed by atoms with Gasteiger partial charge >= 0.3 is 0 Å². The summed E-state index contributed by atoms with van der Waals surface area (Å²) in [6.45, 7) is 8.75. The first kappa shape index (κ1) is 34.4. The number of aryl methyl sites for hydroxylation is 4. The summed E-state index contributed by atoms with van der Waals surface area (Å²) in [4.78, 5) is 4.77. The Kier molecular flexibility index (Phi) is 9.66. The quantitative estimate of drug-likeness (QED) is 0.148. The molecule has 0 aromatic heterocycles. The molecular formula is C52H44N2. The summed E-state index contributed by atoms with van der Waals surface area (Å²) in [5.41, 5.74) is 19.0. The predicted molar refractivity (Wildman–Crippen MR) is 231 cm³/mol. The first-order valence-electron chi connectivity index (χ1n) is 18.7. The van der Waals surface area contributed by atoms with Gasteiger partial charge in [0.15, 0.2) is 0 Å². The maximum atomic E-state index is 2.39. The molecule has 0 aliphatic carbocycles. The Morgan fingerprint density at radius 2 is 0.611 bits per heavy atom. The molecule has 0 unspecified atom stereocenters. The van der Waals surface area contributed by atoms with E-state index in [4.69, 9.17) is 0 Å². The van der Waals surface area contributed by atoms with Gasteiger partial charge in [-0.3, -0.25) is 0 Å². The van der Waals surface area contributed by atoms with Crippen molar-refractivity contribution < 1.29 is 0 Å². The molecule has 0 fully saturated rings. The van der Waals surface area contributed by atoms with Crippen molar-refractivity contribution in [2.45, 2.75) is 27.7 Å². The minimum Gasteiger partial charge on any atom is -0.310 e. The summed E-state index contributed by atoms with van der Waals surface area (Å²) in [7, 11) is 0. The Morgan fingerprint density at radius 1 is 0.278 bits per heavy atom. The van der Waals surface area contributed by atoms with Gasteiger partial charge in [0.1, 0.15) is 0 Å². The second-order valence-electron chi connectivity index (χ2n) is 14.1. The average Bonchev–Trinajstić information content (AvgIpc) is 3.21. The molecule has 8 aromatic rings. The van der Waals surface area contributed by atoms with Crippen LogP contribution in [-0.4, -0.2) is 0 Å². The lowest BCUT2D eigenvalue weighted by atomic mass is 9.94. The lowest BCUT2D eigenvalue weighted by Crippen LogP contribution is -2.12. The molecule has 0 amide bonds. The zero-order chi connectivity index (χ0) is 37.0. The Balaban J connectivity index is 1.21. The maximum Gasteiger partial charge on any atom is 0.0540 e. The third-order valence-corrected chi connectivity index (χ3v) is 10.3. The Morgan fingerprint density at radius 3 is 0.981 bits per heavy atom. The second kappa shape index (κ2) is 15.1. The third kappa shape index (κ3) is 6.95. The summed E-state index contributed by atoms with van der Waals surface area (Å²) >= 11 is 0. The Bertz CT molecular complexity index is 2340. The van der Waals surface area contributed by atoms with Crippen LogP contribution in [0, 0.1) is 27.7 Å². The fourth-order valence-electron chi connectivity index (χ4n) is 7.48. The standard InChI is InChI=1S/C52H44N2/c1-37-23-27-43(28-24-37)53(51-21-13-11-19-49(51)41-15-7-5-8-16-41)45-31-33-47(39(3)35-45)48-34-32-46(36-40(48)4)54(44-29-25-38(2)26-30-44)52-22-14-12-20-50(52)42-17-9-6-10-18-42/h5-36H,1-4H3. The molecule has 0 spiro atoms. The van der Waals surface area contributed by atoms with Gasteiger partial charge in [-0.1, -0.05) is 145 Å². The summed E-state index contributed by atoms with van der Waals surface area (Å²) in [5, 5.41) is 0. The van der Waals surface area contributed by atoms with E-state index in [0.717, 1.165) is 34.1 Å². The summed E-state index contributed by atoms with van der Waals surface area (Å²) in [5.74, 6) is 0. The molecule has 0 atom stereocenters. The topological polar surface area (TPSA) is 6.48 Å². The van der Waals surface area contributed by atoms with Gasteiger partial charge in [-0.15, -0.1) is 0 Å². The van der Waals surface area contributed by atoms with Crippen LogP contribution >= 0.6 is 0 Å². The molecule has 0 saturated heterocycles. The van der Waals surface area contributed by atoms with E-state index in [1.165, 1.54) is 55.6 Å². The number of rotatable bonds is 9. The molecular weight excluding hydrogens is 653 g/mol. The monoisotopic (exact) mass is 696 g/mol. The first-order chi connectivity index (χ1) is 26.4. The largest absolute Gasteiger partial charge is 0.310 e. The highest BCUT2D eigenvalue weighted by Gasteiger charge is 2.20. The molecule has 2 heteroatoms. The lowest BCUT2D eigenvalue weighted by Gasteiger charge is -2.29. The zero-order valence-corrected chi connectivity index (χ0v) is 31.4. The van der Waals surface area contributed by atoms with Crippen molar-refractivity contribution in [2.75, 3.05) is 9.80 Å². The highest BCUT2D eigenvalue weighted by Crippen LogP contribution is 2.44. The van der Waals surface area contributed by atoms with Gasteiger partial charge in [-0.05, 0) is 122 Å². The van der Waals surface area contributed by atoms with Gasteiger partial charge in [0.2, 0.25) is 0 Å². The highest BCUT2D eigenvalue weighted by molar-refractivity contribution is 5.91. The normalized spacial score (nSPS) is 11.0. The van der Waals surface area contributed by atoms with E-state index in [0.29, 0.717) is 0 Å². The molecule has 262 valence electrons. The summed E-state index contributed by atoms with van der Waals surface area (Å²) in [6.07, 6.45) is 0. The van der Waals surface area contributed by atoms with E-state index in [-0.39, 0.29) is 0 Å². The molecule has 0 aliphatic rings. The summed E-state index contributed by atoms with van der Waals surface area (Å²) < 4.78 is 0. The minimum absolute atomic E-state index is 1.13. The fourth-order valence-corrected chi connectivity index (χ4v) is 7.48. The van der Waals surface area contributed by atoms with Crippen molar-refractivity contribution in [3.63, 3.8) is 0 Å². The molecule has 0 radical (unpaired) electrons. The van der Waals surface area contributed by atoms with Crippen LogP contribution in [0.2, 0.25) is 0 Å². The predicted octanol–water partition coefficient (Wildman–Crippen LogP) is 14.9. The molecule has 0 heterocycles. The van der Waals surface area contributed by atoms with Crippen molar-refractivity contribution >= 4 is 34.1 Å². The van der Waals surface area contributed by atoms with Crippen molar-refractivity contribution in [2.24, 2.45) is 0 Å². The number of anilines is 6. The fraction of sp³-hybridized carbons (Fsp3) is 0.0769. The zero-order valence-electron chi connectivity index (χ0n) is 31.4.